The van der Waals surface area contributed by atoms with Crippen LogP contribution in [-0.2, 0) is 24.6 Å². The normalized spacial score (nSPS) is 22.0. The van der Waals surface area contributed by atoms with Crippen LogP contribution in [0.2, 0.25) is 36.3 Å². The summed E-state index contributed by atoms with van der Waals surface area (Å²) >= 11 is 0. The van der Waals surface area contributed by atoms with E-state index < -0.39 is 35.6 Å². The Kier molecular flexibility index (Phi) is 14.9. The highest BCUT2D eigenvalue weighted by molar-refractivity contribution is 7.57. The molecule has 0 heterocycles. The highest BCUT2D eigenvalue weighted by atomic mass is 31.2. The molecule has 0 amide bonds. The van der Waals surface area contributed by atoms with Gasteiger partial charge >= 0.3 is 0 Å². The molecule has 46 heavy (non-hydrogen) atoms. The molecule has 2 rings (SSSR count). The van der Waals surface area contributed by atoms with Crippen molar-refractivity contribution in [2.24, 2.45) is 11.8 Å². The molecule has 0 bridgehead atoms. The fraction of sp³-hybridized carbons (Fsp3) is 0.750. The van der Waals surface area contributed by atoms with Crippen molar-refractivity contribution in [3.05, 3.63) is 47.5 Å². The first-order valence-electron chi connectivity index (χ1n) is 17.2. The number of unbranched alkanes of at least 4 members (excludes halogenated alkanes) is 1. The molecule has 1 aromatic rings. The predicted molar refractivity (Wildman–Crippen MR) is 193 cm³/mol. The first kappa shape index (κ1) is 41.2. The van der Waals surface area contributed by atoms with Gasteiger partial charge in [0.2, 0.25) is 0 Å². The summed E-state index contributed by atoms with van der Waals surface area (Å²) in [6.07, 6.45) is 10.4. The Morgan fingerprint density at radius 1 is 0.957 bits per heavy atom. The number of hydrogen-bond acceptors (Lipinski definition) is 4. The molecule has 264 valence electrons. The Morgan fingerprint density at radius 2 is 1.54 bits per heavy atom. The molecular formula is C36H63F2O5PSi2. The number of Topliss-reactive ketones (excluding diaryl/α,β-unsaturated/α-hetero) is 1. The van der Waals surface area contributed by atoms with E-state index in [0.717, 1.165) is 31.7 Å². The van der Waals surface area contributed by atoms with Gasteiger partial charge in [0.15, 0.2) is 24.0 Å². The van der Waals surface area contributed by atoms with E-state index in [9.17, 15) is 23.0 Å². The van der Waals surface area contributed by atoms with Crippen LogP contribution in [0.5, 0.6) is 0 Å². The van der Waals surface area contributed by atoms with Gasteiger partial charge in [-0.1, -0.05) is 53.7 Å². The summed E-state index contributed by atoms with van der Waals surface area (Å²) in [5.41, 5.74) is 0.653. The van der Waals surface area contributed by atoms with Crippen LogP contribution in [0.15, 0.2) is 30.4 Å². The molecule has 0 radical (unpaired) electrons. The molecule has 0 aliphatic heterocycles. The van der Waals surface area contributed by atoms with Crippen molar-refractivity contribution in [2.45, 2.75) is 148 Å². The topological polar surface area (TPSA) is 72.8 Å². The fourth-order valence-corrected chi connectivity index (χ4v) is 9.32. The van der Waals surface area contributed by atoms with E-state index in [1.54, 1.807) is 0 Å². The van der Waals surface area contributed by atoms with Crippen molar-refractivity contribution in [2.75, 3.05) is 12.8 Å². The van der Waals surface area contributed by atoms with Gasteiger partial charge in [-0.25, -0.2) is 8.78 Å². The van der Waals surface area contributed by atoms with Gasteiger partial charge in [-0.3, -0.25) is 9.36 Å². The van der Waals surface area contributed by atoms with E-state index in [-0.39, 0.29) is 39.9 Å². The highest BCUT2D eigenvalue weighted by Crippen LogP contribution is 2.45. The monoisotopic (exact) mass is 700 g/mol. The quantitative estimate of drug-likeness (QED) is 0.0758. The van der Waals surface area contributed by atoms with Gasteiger partial charge in [-0.05, 0) is 111 Å². The number of benzene rings is 1. The maximum absolute atomic E-state index is 13.8. The van der Waals surface area contributed by atoms with Crippen LogP contribution in [0.4, 0.5) is 8.78 Å². The summed E-state index contributed by atoms with van der Waals surface area (Å²) < 4.78 is 53.2. The number of ketones is 1. The molecular weight excluding hydrogens is 638 g/mol. The number of aryl methyl sites for hydroxylation is 1. The Balaban J connectivity index is 2.26. The number of rotatable bonds is 17. The average Bonchev–Trinajstić information content (AvgIpc) is 3.14. The Hall–Kier alpha value is -0.966. The van der Waals surface area contributed by atoms with E-state index in [0.29, 0.717) is 43.8 Å². The second-order valence-corrected chi connectivity index (χ2v) is 28.8. The molecule has 1 saturated carbocycles. The van der Waals surface area contributed by atoms with Crippen molar-refractivity contribution in [3.8, 4) is 0 Å². The average molecular weight is 701 g/mol. The molecule has 0 spiro atoms. The minimum atomic E-state index is -3.01. The van der Waals surface area contributed by atoms with Crippen LogP contribution in [0.25, 0.3) is 0 Å². The van der Waals surface area contributed by atoms with Crippen molar-refractivity contribution in [1.29, 1.82) is 0 Å². The lowest BCUT2D eigenvalue weighted by Crippen LogP contribution is -2.45. The number of halogens is 2. The Labute approximate surface area is 281 Å². The van der Waals surface area contributed by atoms with E-state index in [1.807, 2.05) is 6.08 Å². The highest BCUT2D eigenvalue weighted by Gasteiger charge is 2.48. The smallest absolute Gasteiger partial charge is 0.197 e. The van der Waals surface area contributed by atoms with E-state index in [2.05, 4.69) is 73.8 Å². The zero-order valence-electron chi connectivity index (χ0n) is 30.6. The molecule has 5 nitrogen and oxygen atoms in total. The standard InChI is InChI=1S/C36H63F2O5PSi2/c1-35(2,3)45(8,9)42-30(18-16-17-27-23-28(37)25-29(38)24-27)20-21-32-31(19-14-12-13-15-22-44(7,40)41)33(39)26-34(32)43-46(10,11)36(4,5)6/h12,14,23-25,30-32,34H,13,15-22,26H2,1-11H3,(H,40,41)/b14-12-/t30-,31+,32+,34+/m0/s1. The summed E-state index contributed by atoms with van der Waals surface area (Å²) in [7, 11) is -7.26. The van der Waals surface area contributed by atoms with Crippen LogP contribution in [0.3, 0.4) is 0 Å². The van der Waals surface area contributed by atoms with Gasteiger partial charge in [0.25, 0.3) is 0 Å². The summed E-state index contributed by atoms with van der Waals surface area (Å²) in [4.78, 5) is 23.1. The fourth-order valence-electron chi connectivity index (χ4n) is 5.76. The molecule has 1 aliphatic carbocycles. The molecule has 0 aromatic heterocycles. The number of carbonyl (C=O) groups excluding carboxylic acids is 1. The molecule has 1 fully saturated rings. The van der Waals surface area contributed by atoms with Gasteiger partial charge in [0, 0.05) is 37.3 Å². The number of hydrogen-bond donors (Lipinski definition) is 1. The molecule has 5 atom stereocenters. The molecule has 0 saturated heterocycles. The van der Waals surface area contributed by atoms with Gasteiger partial charge in [0.1, 0.15) is 17.4 Å². The zero-order valence-corrected chi connectivity index (χ0v) is 33.4. The lowest BCUT2D eigenvalue weighted by Gasteiger charge is -2.41. The van der Waals surface area contributed by atoms with Gasteiger partial charge < -0.3 is 13.7 Å². The summed E-state index contributed by atoms with van der Waals surface area (Å²) in [6.45, 7) is 23.7. The van der Waals surface area contributed by atoms with Crippen LogP contribution in [0.1, 0.15) is 98.5 Å². The van der Waals surface area contributed by atoms with E-state index in [4.69, 9.17) is 8.85 Å². The lowest BCUT2D eigenvalue weighted by atomic mass is 9.86. The third-order valence-electron chi connectivity index (χ3n) is 10.6. The first-order valence-corrected chi connectivity index (χ1v) is 25.3. The minimum absolute atomic E-state index is 0.0222. The zero-order chi connectivity index (χ0) is 35.1. The molecule has 10 heteroatoms. The van der Waals surface area contributed by atoms with Crippen LogP contribution in [-0.4, -0.2) is 52.3 Å². The second-order valence-electron chi connectivity index (χ2n) is 16.7. The van der Waals surface area contributed by atoms with Crippen molar-refractivity contribution < 1.29 is 31.9 Å². The largest absolute Gasteiger partial charge is 0.414 e. The number of carbonyl (C=O) groups is 1. The van der Waals surface area contributed by atoms with Crippen LogP contribution >= 0.6 is 7.37 Å². The summed E-state index contributed by atoms with van der Waals surface area (Å²) in [6, 6.07) is 3.72. The lowest BCUT2D eigenvalue weighted by molar-refractivity contribution is -0.121. The van der Waals surface area contributed by atoms with Gasteiger partial charge in [-0.2, -0.15) is 0 Å². The van der Waals surface area contributed by atoms with E-state index in [1.165, 1.54) is 18.8 Å². The summed E-state index contributed by atoms with van der Waals surface area (Å²) in [5, 5.41) is 0.0531. The first-order chi connectivity index (χ1) is 20.9. The minimum Gasteiger partial charge on any atom is -0.414 e. The van der Waals surface area contributed by atoms with Crippen LogP contribution < -0.4 is 0 Å². The maximum Gasteiger partial charge on any atom is 0.197 e. The number of allylic oxidation sites excluding steroid dienone is 2. The summed E-state index contributed by atoms with van der Waals surface area (Å²) in [5.74, 6) is -0.919. The van der Waals surface area contributed by atoms with Crippen molar-refractivity contribution in [1.82, 2.24) is 0 Å². The maximum atomic E-state index is 13.8. The third kappa shape index (κ3) is 13.2. The third-order valence-corrected chi connectivity index (χ3v) is 20.8. The Morgan fingerprint density at radius 3 is 2.09 bits per heavy atom. The molecule has 1 unspecified atom stereocenters. The second kappa shape index (κ2) is 16.6. The van der Waals surface area contributed by atoms with Gasteiger partial charge in [-0.15, -0.1) is 0 Å². The molecule has 1 aliphatic rings. The molecule has 1 N–H and O–H groups in total. The molecule has 1 aromatic carbocycles. The van der Waals surface area contributed by atoms with Crippen molar-refractivity contribution >= 4 is 29.8 Å². The Bertz CT molecular complexity index is 1200. The van der Waals surface area contributed by atoms with Crippen LogP contribution in [0, 0.1) is 23.5 Å². The van der Waals surface area contributed by atoms with E-state index >= 15 is 0 Å². The van der Waals surface area contributed by atoms with Gasteiger partial charge in [0.05, 0.1) is 6.10 Å². The predicted octanol–water partition coefficient (Wildman–Crippen LogP) is 10.7. The van der Waals surface area contributed by atoms with Crippen molar-refractivity contribution in [3.63, 3.8) is 0 Å². The SMILES string of the molecule is CC(C)(C)[Si](C)(C)O[C@@H](CCCc1cc(F)cc(F)c1)CC[C@H]1[C@H](O[Si](C)(C)C(C)(C)C)CC(=O)[C@@H]1C/C=C\CCCP(C)(=O)O.